The van der Waals surface area contributed by atoms with Gasteiger partial charge >= 0.3 is 0 Å². The molecule has 80 valence electrons. The summed E-state index contributed by atoms with van der Waals surface area (Å²) >= 11 is 0. The number of halogens is 1. The van der Waals surface area contributed by atoms with Crippen LogP contribution >= 0.6 is 0 Å². The smallest absolute Gasteiger partial charge is 0.141 e. The van der Waals surface area contributed by atoms with Gasteiger partial charge in [-0.05, 0) is 24.8 Å². The molecule has 15 heavy (non-hydrogen) atoms. The fraction of sp³-hybridized carbons (Fsp3) is 0.364. The van der Waals surface area contributed by atoms with Gasteiger partial charge in [0.15, 0.2) is 0 Å². The van der Waals surface area contributed by atoms with Gasteiger partial charge in [-0.3, -0.25) is 4.98 Å². The zero-order chi connectivity index (χ0) is 10.7. The summed E-state index contributed by atoms with van der Waals surface area (Å²) in [7, 11) is 1.82. The number of nitrogens with zero attached hydrogens (tertiary/aromatic N) is 1. The van der Waals surface area contributed by atoms with Gasteiger partial charge in [0.2, 0.25) is 0 Å². The van der Waals surface area contributed by atoms with E-state index in [0.717, 1.165) is 17.7 Å². The molecule has 1 aromatic heterocycles. The van der Waals surface area contributed by atoms with Crippen molar-refractivity contribution in [3.8, 4) is 0 Å². The minimum absolute atomic E-state index is 0.101. The van der Waals surface area contributed by atoms with Gasteiger partial charge in [-0.15, -0.1) is 0 Å². The van der Waals surface area contributed by atoms with Crippen LogP contribution in [-0.4, -0.2) is 18.6 Å². The second-order valence-corrected chi connectivity index (χ2v) is 3.40. The van der Waals surface area contributed by atoms with Crippen LogP contribution in [0.1, 0.15) is 18.0 Å². The second kappa shape index (κ2) is 4.40. The van der Waals surface area contributed by atoms with Gasteiger partial charge in [0.05, 0.1) is 18.8 Å². The van der Waals surface area contributed by atoms with Crippen molar-refractivity contribution in [2.45, 2.75) is 12.5 Å². The van der Waals surface area contributed by atoms with Gasteiger partial charge in [-0.2, -0.15) is 0 Å². The molecule has 1 aliphatic heterocycles. The lowest BCUT2D eigenvalue weighted by atomic mass is 10.1. The number of likely N-dealkylation sites (N-methyl/N-ethyl adjacent to an activating group) is 1. The highest BCUT2D eigenvalue weighted by atomic mass is 19.1. The molecule has 0 amide bonds. The van der Waals surface area contributed by atoms with E-state index in [-0.39, 0.29) is 11.9 Å². The summed E-state index contributed by atoms with van der Waals surface area (Å²) < 4.78 is 18.4. The van der Waals surface area contributed by atoms with E-state index >= 15 is 0 Å². The number of rotatable bonds is 3. The van der Waals surface area contributed by atoms with Crippen molar-refractivity contribution in [2.75, 3.05) is 13.7 Å². The summed E-state index contributed by atoms with van der Waals surface area (Å²) in [5.41, 5.74) is 0.783. The van der Waals surface area contributed by atoms with E-state index in [1.165, 1.54) is 12.3 Å². The molecule has 0 spiro atoms. The first-order valence-electron chi connectivity index (χ1n) is 4.92. The molecular weight excluding hydrogens is 195 g/mol. The molecule has 3 nitrogen and oxygen atoms in total. The van der Waals surface area contributed by atoms with E-state index in [2.05, 4.69) is 10.3 Å². The van der Waals surface area contributed by atoms with Crippen LogP contribution in [0.25, 0.3) is 0 Å². The first kappa shape index (κ1) is 10.1. The molecule has 0 saturated heterocycles. The van der Waals surface area contributed by atoms with Gasteiger partial charge in [-0.25, -0.2) is 4.39 Å². The van der Waals surface area contributed by atoms with Crippen molar-refractivity contribution in [1.82, 2.24) is 10.3 Å². The van der Waals surface area contributed by atoms with Gasteiger partial charge in [0, 0.05) is 12.6 Å². The average Bonchev–Trinajstić information content (AvgIpc) is 2.72. The molecule has 2 heterocycles. The van der Waals surface area contributed by atoms with E-state index in [9.17, 15) is 4.39 Å². The Bertz CT molecular complexity index is 379. The Morgan fingerprint density at radius 1 is 1.53 bits per heavy atom. The van der Waals surface area contributed by atoms with E-state index in [4.69, 9.17) is 4.74 Å². The Labute approximate surface area is 88.0 Å². The molecule has 4 heteroatoms. The Morgan fingerprint density at radius 3 is 3.00 bits per heavy atom. The maximum absolute atomic E-state index is 13.0. The fourth-order valence-corrected chi connectivity index (χ4v) is 1.70. The lowest BCUT2D eigenvalue weighted by Crippen LogP contribution is -2.19. The molecule has 1 unspecified atom stereocenters. The third-order valence-corrected chi connectivity index (χ3v) is 2.36. The van der Waals surface area contributed by atoms with Crippen molar-refractivity contribution in [1.29, 1.82) is 0 Å². The Morgan fingerprint density at radius 2 is 2.40 bits per heavy atom. The summed E-state index contributed by atoms with van der Waals surface area (Å²) in [5, 5.41) is 3.09. The molecular formula is C11H13FN2O. The minimum atomic E-state index is -0.327. The van der Waals surface area contributed by atoms with Crippen molar-refractivity contribution in [2.24, 2.45) is 0 Å². The maximum Gasteiger partial charge on any atom is 0.141 e. The summed E-state index contributed by atoms with van der Waals surface area (Å²) in [6.07, 6.45) is 5.77. The van der Waals surface area contributed by atoms with E-state index in [0.29, 0.717) is 6.61 Å². The fourth-order valence-electron chi connectivity index (χ4n) is 1.70. The number of hydrogen-bond donors (Lipinski definition) is 1. The molecule has 0 radical (unpaired) electrons. The van der Waals surface area contributed by atoms with Crippen molar-refractivity contribution in [3.63, 3.8) is 0 Å². The predicted octanol–water partition coefficient (Wildman–Crippen LogP) is 1.79. The topological polar surface area (TPSA) is 34.1 Å². The predicted molar refractivity (Wildman–Crippen MR) is 54.6 cm³/mol. The second-order valence-electron chi connectivity index (χ2n) is 3.40. The van der Waals surface area contributed by atoms with E-state index in [1.54, 1.807) is 6.20 Å². The van der Waals surface area contributed by atoms with Crippen LogP contribution in [0.4, 0.5) is 4.39 Å². The van der Waals surface area contributed by atoms with Crippen LogP contribution in [0.5, 0.6) is 0 Å². The van der Waals surface area contributed by atoms with E-state index < -0.39 is 0 Å². The SMILES string of the molecule is CNC(C1=CCCO1)c1cncc(F)c1. The summed E-state index contributed by atoms with van der Waals surface area (Å²) in [6.45, 7) is 0.705. The quantitative estimate of drug-likeness (QED) is 0.822. The van der Waals surface area contributed by atoms with Gasteiger partial charge < -0.3 is 10.1 Å². The molecule has 1 atom stereocenters. The van der Waals surface area contributed by atoms with Crippen LogP contribution in [0.2, 0.25) is 0 Å². The number of ether oxygens (including phenoxy) is 1. The minimum Gasteiger partial charge on any atom is -0.496 e. The number of nitrogens with one attached hydrogen (secondary N) is 1. The summed E-state index contributed by atoms with van der Waals surface area (Å²) in [4.78, 5) is 3.83. The third kappa shape index (κ3) is 2.15. The lowest BCUT2D eigenvalue weighted by molar-refractivity contribution is 0.218. The normalized spacial score (nSPS) is 17.1. The molecule has 1 aliphatic rings. The molecule has 1 N–H and O–H groups in total. The van der Waals surface area contributed by atoms with Crippen molar-refractivity contribution in [3.05, 3.63) is 41.7 Å². The maximum atomic E-state index is 13.0. The first-order chi connectivity index (χ1) is 7.31. The number of hydrogen-bond acceptors (Lipinski definition) is 3. The van der Waals surface area contributed by atoms with Crippen LogP contribution in [0, 0.1) is 5.82 Å². The highest BCUT2D eigenvalue weighted by Gasteiger charge is 2.19. The highest BCUT2D eigenvalue weighted by Crippen LogP contribution is 2.25. The Hall–Kier alpha value is -1.42. The van der Waals surface area contributed by atoms with Crippen LogP contribution in [0.15, 0.2) is 30.3 Å². The molecule has 0 aromatic carbocycles. The molecule has 0 fully saturated rings. The highest BCUT2D eigenvalue weighted by molar-refractivity contribution is 5.24. The average molecular weight is 208 g/mol. The molecule has 0 aliphatic carbocycles. The van der Waals surface area contributed by atoms with Crippen LogP contribution in [-0.2, 0) is 4.74 Å². The lowest BCUT2D eigenvalue weighted by Gasteiger charge is -2.17. The third-order valence-electron chi connectivity index (χ3n) is 2.36. The summed E-state index contributed by atoms with van der Waals surface area (Å²) in [6, 6.07) is 1.37. The van der Waals surface area contributed by atoms with Gasteiger partial charge in [-0.1, -0.05) is 0 Å². The largest absolute Gasteiger partial charge is 0.496 e. The zero-order valence-corrected chi connectivity index (χ0v) is 8.53. The molecule has 2 rings (SSSR count). The monoisotopic (exact) mass is 208 g/mol. The van der Waals surface area contributed by atoms with Crippen molar-refractivity contribution >= 4 is 0 Å². The van der Waals surface area contributed by atoms with Crippen LogP contribution in [0.3, 0.4) is 0 Å². The molecule has 1 aromatic rings. The number of aromatic nitrogens is 1. The summed E-state index contributed by atoms with van der Waals surface area (Å²) in [5.74, 6) is 0.524. The standard InChI is InChI=1S/C11H13FN2O/c1-13-11(10-3-2-4-15-10)8-5-9(12)7-14-6-8/h3,5-7,11,13H,2,4H2,1H3. The van der Waals surface area contributed by atoms with Crippen molar-refractivity contribution < 1.29 is 9.13 Å². The first-order valence-corrected chi connectivity index (χ1v) is 4.92. The zero-order valence-electron chi connectivity index (χ0n) is 8.53. The molecule has 0 bridgehead atoms. The van der Waals surface area contributed by atoms with E-state index in [1.807, 2.05) is 13.1 Å². The van der Waals surface area contributed by atoms with Crippen LogP contribution < -0.4 is 5.32 Å². The number of pyridine rings is 1. The van der Waals surface area contributed by atoms with Gasteiger partial charge in [0.25, 0.3) is 0 Å². The molecule has 0 saturated carbocycles. The van der Waals surface area contributed by atoms with Gasteiger partial charge in [0.1, 0.15) is 11.6 Å². The Kier molecular flexibility index (Phi) is 2.97. The Balaban J connectivity index is 2.26.